The van der Waals surface area contributed by atoms with Gasteiger partial charge in [0.05, 0.1) is 22.3 Å². The molecule has 4 N–H and O–H groups in total. The Morgan fingerprint density at radius 2 is 1.90 bits per heavy atom. The van der Waals surface area contributed by atoms with Gasteiger partial charge in [0.2, 0.25) is 0 Å². The standard InChI is InChI=1S/C21H27F3N4O3/c1-9-16-13(19(30)26-20(31)28(16)11-4-5-11)15(25)14(22)17(9)27-7-10-3-2-6-21(23,24)18(29)12(10)8-27/h10-12,14,17-18,29H,2-8,25H2,1H3,(H,26,30,31). The summed E-state index contributed by atoms with van der Waals surface area (Å²) >= 11 is 0. The lowest BCUT2D eigenvalue weighted by atomic mass is 9.88. The molecule has 0 spiro atoms. The average Bonchev–Trinajstić information content (AvgIpc) is 3.46. The van der Waals surface area contributed by atoms with Crippen LogP contribution in [-0.4, -0.2) is 56.9 Å². The van der Waals surface area contributed by atoms with E-state index in [1.807, 2.05) is 0 Å². The second-order valence-corrected chi connectivity index (χ2v) is 9.54. The molecular weight excluding hydrogens is 413 g/mol. The van der Waals surface area contributed by atoms with Gasteiger partial charge in [-0.15, -0.1) is 0 Å². The third-order valence-electron chi connectivity index (χ3n) is 7.57. The Labute approximate surface area is 176 Å². The minimum Gasteiger partial charge on any atom is -0.399 e. The largest absolute Gasteiger partial charge is 0.399 e. The molecule has 2 saturated carbocycles. The average molecular weight is 440 g/mol. The van der Waals surface area contributed by atoms with Crippen LogP contribution in [0.5, 0.6) is 0 Å². The van der Waals surface area contributed by atoms with Gasteiger partial charge < -0.3 is 10.8 Å². The molecule has 1 aromatic heterocycles. The molecule has 1 aliphatic heterocycles. The van der Waals surface area contributed by atoms with Crippen LogP contribution >= 0.6 is 0 Å². The first kappa shape index (κ1) is 20.8. The van der Waals surface area contributed by atoms with E-state index in [1.54, 1.807) is 11.8 Å². The Bertz CT molecular complexity index is 1160. The number of aliphatic hydroxyl groups excluding tert-OH is 1. The second-order valence-electron chi connectivity index (χ2n) is 9.54. The number of aliphatic hydroxyl groups is 1. The number of nitrogens with two attached hydrogens (primary N) is 1. The SMILES string of the molecule is CC1=c2c(c(=O)[nH]c(=O)n2C2CC2)=C(N)C(F)C1N1CC2CCCC(F)(F)C(O)C2C1. The van der Waals surface area contributed by atoms with Crippen LogP contribution in [0.4, 0.5) is 13.2 Å². The van der Waals surface area contributed by atoms with Crippen LogP contribution in [0.25, 0.3) is 11.3 Å². The molecule has 5 unspecified atom stereocenters. The maximum Gasteiger partial charge on any atom is 0.329 e. The van der Waals surface area contributed by atoms with Crippen molar-refractivity contribution in [2.45, 2.75) is 69.3 Å². The number of rotatable bonds is 2. The number of aromatic nitrogens is 2. The molecule has 7 nitrogen and oxygen atoms in total. The summed E-state index contributed by atoms with van der Waals surface area (Å²) in [5, 5.41) is 10.7. The summed E-state index contributed by atoms with van der Waals surface area (Å²) in [5.41, 5.74) is 5.10. The van der Waals surface area contributed by atoms with Crippen LogP contribution in [0.1, 0.15) is 45.1 Å². The number of aromatic amines is 1. The Hall–Kier alpha value is -2.07. The van der Waals surface area contributed by atoms with Crippen LogP contribution < -0.4 is 27.6 Å². The molecule has 0 amide bonds. The van der Waals surface area contributed by atoms with Gasteiger partial charge in [-0.2, -0.15) is 0 Å². The predicted molar refractivity (Wildman–Crippen MR) is 108 cm³/mol. The molecule has 0 aromatic carbocycles. The zero-order valence-corrected chi connectivity index (χ0v) is 17.3. The highest BCUT2D eigenvalue weighted by Crippen LogP contribution is 2.43. The number of fused-ring (bicyclic) bond motifs is 2. The molecule has 5 rings (SSSR count). The van der Waals surface area contributed by atoms with Gasteiger partial charge in [0.1, 0.15) is 6.10 Å². The van der Waals surface area contributed by atoms with Gasteiger partial charge in [0, 0.05) is 31.5 Å². The number of likely N-dealkylation sites (tertiary alicyclic amines) is 1. The fourth-order valence-electron chi connectivity index (χ4n) is 5.89. The molecule has 31 heavy (non-hydrogen) atoms. The van der Waals surface area contributed by atoms with Crippen LogP contribution in [0, 0.1) is 11.8 Å². The molecular formula is C21H27F3N4O3. The minimum atomic E-state index is -3.16. The van der Waals surface area contributed by atoms with Crippen molar-refractivity contribution in [1.29, 1.82) is 0 Å². The number of alkyl halides is 3. The van der Waals surface area contributed by atoms with Crippen LogP contribution in [0.2, 0.25) is 0 Å². The minimum absolute atomic E-state index is 0.00673. The Balaban J connectivity index is 1.62. The lowest BCUT2D eigenvalue weighted by molar-refractivity contribution is -0.132. The maximum absolute atomic E-state index is 15.6. The summed E-state index contributed by atoms with van der Waals surface area (Å²) in [6, 6.07) is -0.936. The monoisotopic (exact) mass is 440 g/mol. The third-order valence-corrected chi connectivity index (χ3v) is 7.57. The Morgan fingerprint density at radius 1 is 1.19 bits per heavy atom. The molecule has 0 radical (unpaired) electrons. The summed E-state index contributed by atoms with van der Waals surface area (Å²) < 4.78 is 45.6. The van der Waals surface area contributed by atoms with Gasteiger partial charge in [0.15, 0.2) is 6.17 Å². The number of nitrogens with zero attached hydrogens (tertiary/aromatic N) is 2. The molecule has 5 atom stereocenters. The molecule has 1 aromatic rings. The summed E-state index contributed by atoms with van der Waals surface area (Å²) in [5.74, 6) is -3.99. The van der Waals surface area contributed by atoms with Crippen molar-refractivity contribution in [3.63, 3.8) is 0 Å². The highest BCUT2D eigenvalue weighted by molar-refractivity contribution is 5.62. The highest BCUT2D eigenvalue weighted by Gasteiger charge is 2.52. The van der Waals surface area contributed by atoms with Crippen molar-refractivity contribution < 1.29 is 18.3 Å². The van der Waals surface area contributed by atoms with Crippen LogP contribution in [0.3, 0.4) is 0 Å². The van der Waals surface area contributed by atoms with E-state index >= 15 is 4.39 Å². The molecule has 0 bridgehead atoms. The lowest BCUT2D eigenvalue weighted by Crippen LogP contribution is -2.62. The van der Waals surface area contributed by atoms with E-state index in [2.05, 4.69) is 4.98 Å². The summed E-state index contributed by atoms with van der Waals surface area (Å²) in [7, 11) is 0. The lowest BCUT2D eigenvalue weighted by Gasteiger charge is -2.35. The normalized spacial score (nSPS) is 35.6. The van der Waals surface area contributed by atoms with E-state index < -0.39 is 41.4 Å². The van der Waals surface area contributed by atoms with Crippen molar-refractivity contribution in [3.8, 4) is 0 Å². The van der Waals surface area contributed by atoms with Gasteiger partial charge in [-0.25, -0.2) is 18.0 Å². The van der Waals surface area contributed by atoms with E-state index in [0.29, 0.717) is 30.3 Å². The molecule has 3 fully saturated rings. The fourth-order valence-corrected chi connectivity index (χ4v) is 5.89. The van der Waals surface area contributed by atoms with Crippen molar-refractivity contribution >= 4 is 11.3 Å². The first-order valence-electron chi connectivity index (χ1n) is 10.9. The second kappa shape index (κ2) is 6.96. The smallest absolute Gasteiger partial charge is 0.329 e. The Kier molecular flexibility index (Phi) is 4.68. The van der Waals surface area contributed by atoms with E-state index in [9.17, 15) is 23.5 Å². The van der Waals surface area contributed by atoms with Gasteiger partial charge >= 0.3 is 5.69 Å². The number of H-pyrrole nitrogens is 1. The zero-order chi connectivity index (χ0) is 22.2. The number of nitrogens with one attached hydrogen (secondary N) is 1. The van der Waals surface area contributed by atoms with Gasteiger partial charge in [0.25, 0.3) is 11.5 Å². The van der Waals surface area contributed by atoms with Crippen molar-refractivity contribution in [2.24, 2.45) is 17.6 Å². The first-order chi connectivity index (χ1) is 14.6. The number of halogens is 3. The maximum atomic E-state index is 15.6. The third kappa shape index (κ3) is 3.09. The summed E-state index contributed by atoms with van der Waals surface area (Å²) in [4.78, 5) is 29.0. The van der Waals surface area contributed by atoms with Crippen LogP contribution in [0.15, 0.2) is 9.59 Å². The summed E-state index contributed by atoms with van der Waals surface area (Å²) in [6.07, 6.45) is -1.41. The van der Waals surface area contributed by atoms with Crippen molar-refractivity contribution in [2.75, 3.05) is 13.1 Å². The quantitative estimate of drug-likeness (QED) is 0.579. The molecule has 10 heteroatoms. The summed E-state index contributed by atoms with van der Waals surface area (Å²) in [6.45, 7) is 2.16. The van der Waals surface area contributed by atoms with E-state index in [0.717, 1.165) is 12.8 Å². The molecule has 170 valence electrons. The van der Waals surface area contributed by atoms with E-state index in [-0.39, 0.29) is 35.8 Å². The van der Waals surface area contributed by atoms with Gasteiger partial charge in [-0.05, 0) is 44.1 Å². The van der Waals surface area contributed by atoms with Crippen molar-refractivity contribution in [1.82, 2.24) is 14.5 Å². The zero-order valence-electron chi connectivity index (χ0n) is 17.3. The molecule has 1 saturated heterocycles. The van der Waals surface area contributed by atoms with E-state index in [4.69, 9.17) is 5.73 Å². The van der Waals surface area contributed by atoms with Gasteiger partial charge in [-0.1, -0.05) is 0 Å². The first-order valence-corrected chi connectivity index (χ1v) is 10.9. The van der Waals surface area contributed by atoms with Crippen molar-refractivity contribution in [3.05, 3.63) is 31.4 Å². The molecule has 3 aliphatic carbocycles. The fraction of sp³-hybridized carbons (Fsp3) is 0.714. The number of hydrogen-bond donors (Lipinski definition) is 3. The Morgan fingerprint density at radius 3 is 2.58 bits per heavy atom. The molecule has 4 aliphatic rings. The predicted octanol–water partition coefficient (Wildman–Crippen LogP) is -0.443. The molecule has 2 heterocycles. The highest BCUT2D eigenvalue weighted by atomic mass is 19.3. The topological polar surface area (TPSA) is 104 Å². The van der Waals surface area contributed by atoms with Crippen LogP contribution in [-0.2, 0) is 0 Å². The van der Waals surface area contributed by atoms with E-state index in [1.165, 1.54) is 4.57 Å². The van der Waals surface area contributed by atoms with Gasteiger partial charge in [-0.3, -0.25) is 19.2 Å². The number of hydrogen-bond acceptors (Lipinski definition) is 5.